The van der Waals surface area contributed by atoms with Gasteiger partial charge in [-0.1, -0.05) is 56.8 Å². The maximum Gasteiger partial charge on any atom is 0.261 e. The van der Waals surface area contributed by atoms with Gasteiger partial charge in [0.05, 0.1) is 15.1 Å². The van der Waals surface area contributed by atoms with Crippen molar-refractivity contribution in [3.05, 3.63) is 61.5 Å². The quantitative estimate of drug-likeness (QED) is 0.576. The van der Waals surface area contributed by atoms with Gasteiger partial charge in [-0.25, -0.2) is 0 Å². The fraction of sp³-hybridized carbons (Fsp3) is 0.263. The minimum atomic E-state index is -0.712. The van der Waals surface area contributed by atoms with Crippen LogP contribution in [0.15, 0.2) is 40.9 Å². The van der Waals surface area contributed by atoms with E-state index in [1.54, 1.807) is 43.3 Å². The molecule has 150 valence electrons. The third-order valence-electron chi connectivity index (χ3n) is 4.00. The van der Waals surface area contributed by atoms with Crippen LogP contribution in [0.1, 0.15) is 12.5 Å². The van der Waals surface area contributed by atoms with Crippen molar-refractivity contribution in [3.63, 3.8) is 0 Å². The number of hydrogen-bond acceptors (Lipinski definition) is 3. The summed E-state index contributed by atoms with van der Waals surface area (Å²) in [6.45, 7) is 1.53. The summed E-state index contributed by atoms with van der Waals surface area (Å²) < 4.78 is 6.35. The summed E-state index contributed by atoms with van der Waals surface area (Å²) in [7, 11) is 1.51. The van der Waals surface area contributed by atoms with Gasteiger partial charge < -0.3 is 15.0 Å². The minimum absolute atomic E-state index is 0.168. The van der Waals surface area contributed by atoms with Gasteiger partial charge in [0, 0.05) is 18.1 Å². The first-order chi connectivity index (χ1) is 13.2. The van der Waals surface area contributed by atoms with Gasteiger partial charge in [-0.05, 0) is 42.8 Å². The fourth-order valence-electron chi connectivity index (χ4n) is 2.44. The molecule has 2 amide bonds. The molecule has 1 N–H and O–H groups in total. The Kier molecular flexibility index (Phi) is 8.43. The highest BCUT2D eigenvalue weighted by Crippen LogP contribution is 2.28. The Morgan fingerprint density at radius 2 is 1.82 bits per heavy atom. The molecule has 28 heavy (non-hydrogen) atoms. The lowest BCUT2D eigenvalue weighted by molar-refractivity contribution is -0.142. The molecular formula is C19H18BrCl3N2O3. The van der Waals surface area contributed by atoms with Gasteiger partial charge in [-0.15, -0.1) is 0 Å². The van der Waals surface area contributed by atoms with Crippen molar-refractivity contribution < 1.29 is 14.3 Å². The Bertz CT molecular complexity index is 879. The second-order valence-electron chi connectivity index (χ2n) is 5.92. The van der Waals surface area contributed by atoms with E-state index in [0.717, 1.165) is 10.0 Å². The van der Waals surface area contributed by atoms with Crippen molar-refractivity contribution in [1.82, 2.24) is 10.2 Å². The Balaban J connectivity index is 2.18. The molecule has 0 aliphatic carbocycles. The predicted octanol–water partition coefficient (Wildman–Crippen LogP) is 4.95. The second-order valence-corrected chi connectivity index (χ2v) is 8.06. The summed E-state index contributed by atoms with van der Waals surface area (Å²) in [5, 5.41) is 3.71. The Hall–Kier alpha value is -1.47. The molecule has 5 nitrogen and oxygen atoms in total. The van der Waals surface area contributed by atoms with Crippen molar-refractivity contribution in [2.75, 3.05) is 13.7 Å². The summed E-state index contributed by atoms with van der Waals surface area (Å²) >= 11 is 21.4. The summed E-state index contributed by atoms with van der Waals surface area (Å²) in [6.07, 6.45) is 0. The van der Waals surface area contributed by atoms with E-state index >= 15 is 0 Å². The third-order valence-corrected chi connectivity index (χ3v) is 5.52. The lowest BCUT2D eigenvalue weighted by Crippen LogP contribution is -2.48. The van der Waals surface area contributed by atoms with Gasteiger partial charge in [0.1, 0.15) is 11.8 Å². The predicted molar refractivity (Wildman–Crippen MR) is 115 cm³/mol. The van der Waals surface area contributed by atoms with Crippen LogP contribution in [-0.4, -0.2) is 36.4 Å². The smallest absolute Gasteiger partial charge is 0.261 e. The molecule has 0 radical (unpaired) electrons. The number of ether oxygens (including phenoxy) is 1. The Labute approximate surface area is 187 Å². The van der Waals surface area contributed by atoms with Gasteiger partial charge in [-0.3, -0.25) is 9.59 Å². The maximum atomic E-state index is 12.8. The zero-order valence-electron chi connectivity index (χ0n) is 15.1. The van der Waals surface area contributed by atoms with E-state index in [1.807, 2.05) is 0 Å². The Morgan fingerprint density at radius 1 is 1.11 bits per heavy atom. The lowest BCUT2D eigenvalue weighted by atomic mass is 10.1. The molecule has 0 aliphatic heterocycles. The van der Waals surface area contributed by atoms with Crippen LogP contribution in [0, 0.1) is 0 Å². The van der Waals surface area contributed by atoms with Crippen LogP contribution in [0.2, 0.25) is 15.1 Å². The third kappa shape index (κ3) is 6.01. The molecule has 2 rings (SSSR count). The summed E-state index contributed by atoms with van der Waals surface area (Å²) in [6, 6.07) is 9.42. The monoisotopic (exact) mass is 506 g/mol. The number of nitrogens with one attached hydrogen (secondary N) is 1. The van der Waals surface area contributed by atoms with Gasteiger partial charge >= 0.3 is 0 Å². The van der Waals surface area contributed by atoms with E-state index in [1.165, 1.54) is 11.9 Å². The zero-order valence-corrected chi connectivity index (χ0v) is 19.0. The first-order valence-electron chi connectivity index (χ1n) is 8.25. The number of rotatable bonds is 7. The highest BCUT2D eigenvalue weighted by Gasteiger charge is 2.26. The molecule has 0 aromatic heterocycles. The van der Waals surface area contributed by atoms with E-state index in [9.17, 15) is 9.59 Å². The molecule has 2 aromatic rings. The van der Waals surface area contributed by atoms with E-state index in [2.05, 4.69) is 21.2 Å². The molecule has 1 unspecified atom stereocenters. The largest absolute Gasteiger partial charge is 0.482 e. The summed E-state index contributed by atoms with van der Waals surface area (Å²) in [4.78, 5) is 26.3. The van der Waals surface area contributed by atoms with Crippen molar-refractivity contribution in [2.24, 2.45) is 0 Å². The average molecular weight is 509 g/mol. The van der Waals surface area contributed by atoms with Gasteiger partial charge in [-0.2, -0.15) is 0 Å². The SMILES string of the molecule is CNC(=O)C(C)N(Cc1ccc(Cl)c(Cl)c1)C(=O)COc1ccc(Br)cc1Cl. The highest BCUT2D eigenvalue weighted by molar-refractivity contribution is 9.10. The minimum Gasteiger partial charge on any atom is -0.482 e. The van der Waals surface area contributed by atoms with E-state index < -0.39 is 6.04 Å². The molecule has 0 bridgehead atoms. The summed E-state index contributed by atoms with van der Waals surface area (Å²) in [5.41, 5.74) is 0.736. The van der Waals surface area contributed by atoms with Crippen LogP contribution in [0.5, 0.6) is 5.75 Å². The first kappa shape index (κ1) is 22.8. The zero-order chi connectivity index (χ0) is 20.8. The molecule has 1 atom stereocenters. The number of likely N-dealkylation sites (N-methyl/N-ethyl adjacent to an activating group) is 1. The van der Waals surface area contributed by atoms with Crippen LogP contribution >= 0.6 is 50.7 Å². The van der Waals surface area contributed by atoms with Crippen molar-refractivity contribution >= 4 is 62.5 Å². The number of hydrogen-bond donors (Lipinski definition) is 1. The van der Waals surface area contributed by atoms with Crippen LogP contribution in [0.3, 0.4) is 0 Å². The van der Waals surface area contributed by atoms with Gasteiger partial charge in [0.15, 0.2) is 6.61 Å². The number of carbonyl (C=O) groups excluding carboxylic acids is 2. The first-order valence-corrected chi connectivity index (χ1v) is 10.2. The second kappa shape index (κ2) is 10.3. The van der Waals surface area contributed by atoms with E-state index in [4.69, 9.17) is 39.5 Å². The topological polar surface area (TPSA) is 58.6 Å². The molecular weight excluding hydrogens is 490 g/mol. The van der Waals surface area contributed by atoms with Gasteiger partial charge in [0.2, 0.25) is 5.91 Å². The Morgan fingerprint density at radius 3 is 2.43 bits per heavy atom. The number of halogens is 4. The highest BCUT2D eigenvalue weighted by atomic mass is 79.9. The maximum absolute atomic E-state index is 12.8. The van der Waals surface area contributed by atoms with Crippen molar-refractivity contribution in [1.29, 1.82) is 0 Å². The molecule has 0 saturated carbocycles. The molecule has 0 spiro atoms. The fourth-order valence-corrected chi connectivity index (χ4v) is 3.49. The molecule has 2 aromatic carbocycles. The van der Waals surface area contributed by atoms with E-state index in [-0.39, 0.29) is 25.0 Å². The lowest BCUT2D eigenvalue weighted by Gasteiger charge is -2.28. The number of carbonyl (C=O) groups is 2. The van der Waals surface area contributed by atoms with Crippen LogP contribution < -0.4 is 10.1 Å². The van der Waals surface area contributed by atoms with Crippen molar-refractivity contribution in [3.8, 4) is 5.75 Å². The van der Waals surface area contributed by atoms with E-state index in [0.29, 0.717) is 20.8 Å². The molecule has 0 heterocycles. The van der Waals surface area contributed by atoms with Gasteiger partial charge in [0.25, 0.3) is 5.91 Å². The van der Waals surface area contributed by atoms with Crippen LogP contribution in [0.25, 0.3) is 0 Å². The number of benzene rings is 2. The number of nitrogens with zero attached hydrogens (tertiary/aromatic N) is 1. The van der Waals surface area contributed by atoms with Crippen molar-refractivity contribution in [2.45, 2.75) is 19.5 Å². The van der Waals surface area contributed by atoms with Crippen LogP contribution in [0.4, 0.5) is 0 Å². The molecule has 0 fully saturated rings. The normalized spacial score (nSPS) is 11.6. The molecule has 9 heteroatoms. The average Bonchev–Trinajstić information content (AvgIpc) is 2.66. The molecule has 0 saturated heterocycles. The standard InChI is InChI=1S/C19H18BrCl3N2O3/c1-11(19(27)24-2)25(9-12-3-5-14(21)15(22)7-12)18(26)10-28-17-6-4-13(20)8-16(17)23/h3-8,11H,9-10H2,1-2H3,(H,24,27). The number of amides is 2. The summed E-state index contributed by atoms with van der Waals surface area (Å²) in [5.74, 6) is -0.295. The van der Waals surface area contributed by atoms with Crippen LogP contribution in [-0.2, 0) is 16.1 Å². The molecule has 0 aliphatic rings.